The number of ether oxygens (including phenoxy) is 1. The van der Waals surface area contributed by atoms with Crippen molar-refractivity contribution in [1.82, 2.24) is 9.88 Å². The van der Waals surface area contributed by atoms with Crippen molar-refractivity contribution in [2.75, 3.05) is 31.6 Å². The molecule has 2 heterocycles. The van der Waals surface area contributed by atoms with E-state index in [1.54, 1.807) is 6.20 Å². The van der Waals surface area contributed by atoms with Gasteiger partial charge in [-0.05, 0) is 24.1 Å². The molecule has 25 heavy (non-hydrogen) atoms. The number of nitrogens with one attached hydrogen (secondary N) is 1. The first kappa shape index (κ1) is 17.4. The van der Waals surface area contributed by atoms with Crippen LogP contribution in [0.3, 0.4) is 0 Å². The Bertz CT molecular complexity index is 662. The maximum absolute atomic E-state index is 5.95. The maximum Gasteiger partial charge on any atom is 0.194 e. The van der Waals surface area contributed by atoms with Gasteiger partial charge in [-0.2, -0.15) is 0 Å². The number of rotatable bonds is 5. The summed E-state index contributed by atoms with van der Waals surface area (Å²) >= 11 is 0. The van der Waals surface area contributed by atoms with E-state index in [1.165, 1.54) is 5.56 Å². The molecule has 1 aliphatic rings. The molecule has 0 bridgehead atoms. The predicted octanol–water partition coefficient (Wildman–Crippen LogP) is 2.10. The van der Waals surface area contributed by atoms with E-state index in [9.17, 15) is 0 Å². The summed E-state index contributed by atoms with van der Waals surface area (Å²) in [5.41, 5.74) is 7.27. The highest BCUT2D eigenvalue weighted by atomic mass is 16.5. The number of aliphatic imine (C=N–C) groups is 1. The topological polar surface area (TPSA) is 75.8 Å². The number of guanidine groups is 1. The van der Waals surface area contributed by atoms with Gasteiger partial charge in [0.25, 0.3) is 0 Å². The zero-order valence-electron chi connectivity index (χ0n) is 14.3. The van der Waals surface area contributed by atoms with E-state index in [4.69, 9.17) is 10.5 Å². The fourth-order valence-electron chi connectivity index (χ4n) is 2.87. The van der Waals surface area contributed by atoms with Crippen LogP contribution in [0.2, 0.25) is 0 Å². The zero-order valence-corrected chi connectivity index (χ0v) is 14.3. The van der Waals surface area contributed by atoms with Crippen molar-refractivity contribution < 1.29 is 4.74 Å². The molecule has 6 heteroatoms. The van der Waals surface area contributed by atoms with Gasteiger partial charge in [0.2, 0.25) is 0 Å². The van der Waals surface area contributed by atoms with E-state index < -0.39 is 0 Å². The molecule has 1 fully saturated rings. The van der Waals surface area contributed by atoms with Crippen molar-refractivity contribution in [1.29, 1.82) is 0 Å². The Kier molecular flexibility index (Phi) is 6.36. The molecule has 132 valence electrons. The molecule has 0 spiro atoms. The summed E-state index contributed by atoms with van der Waals surface area (Å²) in [6.07, 6.45) is 2.80. The first-order valence-electron chi connectivity index (χ1n) is 8.65. The van der Waals surface area contributed by atoms with Gasteiger partial charge in [0.1, 0.15) is 5.82 Å². The van der Waals surface area contributed by atoms with E-state index >= 15 is 0 Å². The first-order valence-corrected chi connectivity index (χ1v) is 8.65. The number of aromatic nitrogens is 1. The Balaban J connectivity index is 1.53. The van der Waals surface area contributed by atoms with Crippen LogP contribution in [0, 0.1) is 0 Å². The van der Waals surface area contributed by atoms with E-state index in [-0.39, 0.29) is 6.10 Å². The number of hydrogen-bond donors (Lipinski definition) is 2. The molecule has 0 amide bonds. The molecule has 1 aromatic carbocycles. The van der Waals surface area contributed by atoms with Gasteiger partial charge in [0.15, 0.2) is 5.96 Å². The smallest absolute Gasteiger partial charge is 0.194 e. The van der Waals surface area contributed by atoms with Crippen molar-refractivity contribution in [3.8, 4) is 0 Å². The Hall–Kier alpha value is -2.44. The van der Waals surface area contributed by atoms with Crippen molar-refractivity contribution in [3.05, 3.63) is 60.3 Å². The minimum atomic E-state index is 0.0512. The zero-order chi connectivity index (χ0) is 17.3. The van der Waals surface area contributed by atoms with E-state index in [2.05, 4.69) is 44.5 Å². The number of nitrogens with zero attached hydrogens (tertiary/aromatic N) is 3. The Morgan fingerprint density at radius 3 is 2.88 bits per heavy atom. The summed E-state index contributed by atoms with van der Waals surface area (Å²) in [5.74, 6) is 1.05. The molecular formula is C19H25N5O. The number of nitrogens with two attached hydrogens (primary N) is 1. The van der Waals surface area contributed by atoms with Crippen molar-refractivity contribution in [2.45, 2.75) is 19.1 Å². The second-order valence-electron chi connectivity index (χ2n) is 6.13. The van der Waals surface area contributed by atoms with Crippen LogP contribution in [0.1, 0.15) is 12.0 Å². The fraction of sp³-hybridized carbons (Fsp3) is 0.368. The highest BCUT2D eigenvalue weighted by Gasteiger charge is 2.18. The van der Waals surface area contributed by atoms with E-state index in [0.717, 1.165) is 32.7 Å². The Morgan fingerprint density at radius 1 is 1.24 bits per heavy atom. The second kappa shape index (κ2) is 9.15. The van der Waals surface area contributed by atoms with Crippen LogP contribution in [-0.4, -0.2) is 48.2 Å². The molecule has 1 saturated heterocycles. The van der Waals surface area contributed by atoms with Crippen LogP contribution >= 0.6 is 0 Å². The molecule has 0 saturated carbocycles. The van der Waals surface area contributed by atoms with Crippen molar-refractivity contribution in [2.24, 2.45) is 10.7 Å². The van der Waals surface area contributed by atoms with Gasteiger partial charge in [0.05, 0.1) is 12.6 Å². The highest BCUT2D eigenvalue weighted by Crippen LogP contribution is 2.11. The van der Waals surface area contributed by atoms with Gasteiger partial charge < -0.3 is 15.8 Å². The number of benzene rings is 1. The molecular weight excluding hydrogens is 314 g/mol. The third kappa shape index (κ3) is 5.85. The molecule has 3 N–H and O–H groups in total. The van der Waals surface area contributed by atoms with Crippen LogP contribution in [-0.2, 0) is 11.3 Å². The molecule has 6 nitrogen and oxygen atoms in total. The number of hydrogen-bond acceptors (Lipinski definition) is 4. The standard InChI is InChI=1S/C19H25N5O/c20-19(23-18-9-4-5-10-21-18)22-13-17-15-24(11-6-12-25-17)14-16-7-2-1-3-8-16/h1-5,7-10,17H,6,11-15H2,(H3,20,21,22,23). The lowest BCUT2D eigenvalue weighted by molar-refractivity contribution is 0.0600. The minimum absolute atomic E-state index is 0.0512. The first-order chi connectivity index (χ1) is 12.3. The summed E-state index contributed by atoms with van der Waals surface area (Å²) in [7, 11) is 0. The van der Waals surface area contributed by atoms with Gasteiger partial charge in [-0.1, -0.05) is 36.4 Å². The van der Waals surface area contributed by atoms with Crippen molar-refractivity contribution >= 4 is 11.8 Å². The SMILES string of the molecule is NC(=NCC1CN(Cc2ccccc2)CCCO1)Nc1ccccn1. The van der Waals surface area contributed by atoms with Gasteiger partial charge in [-0.25, -0.2) is 4.98 Å². The van der Waals surface area contributed by atoms with Crippen LogP contribution in [0.5, 0.6) is 0 Å². The lowest BCUT2D eigenvalue weighted by atomic mass is 10.2. The largest absolute Gasteiger partial charge is 0.375 e. The summed E-state index contributed by atoms with van der Waals surface area (Å²) in [4.78, 5) is 11.0. The van der Waals surface area contributed by atoms with E-state index in [1.807, 2.05) is 24.3 Å². The lowest BCUT2D eigenvalue weighted by Crippen LogP contribution is -2.34. The highest BCUT2D eigenvalue weighted by molar-refractivity contribution is 5.91. The molecule has 1 aromatic heterocycles. The van der Waals surface area contributed by atoms with Crippen LogP contribution < -0.4 is 11.1 Å². The minimum Gasteiger partial charge on any atom is -0.375 e. The molecule has 1 unspecified atom stereocenters. The number of anilines is 1. The third-order valence-electron chi connectivity index (χ3n) is 4.07. The van der Waals surface area contributed by atoms with Crippen LogP contribution in [0.25, 0.3) is 0 Å². The maximum atomic E-state index is 5.95. The summed E-state index contributed by atoms with van der Waals surface area (Å²) < 4.78 is 5.92. The number of pyridine rings is 1. The van der Waals surface area contributed by atoms with Crippen LogP contribution in [0.4, 0.5) is 5.82 Å². The summed E-state index contributed by atoms with van der Waals surface area (Å²) in [5, 5.41) is 3.00. The summed E-state index contributed by atoms with van der Waals surface area (Å²) in [6.45, 7) is 4.13. The third-order valence-corrected chi connectivity index (χ3v) is 4.07. The van der Waals surface area contributed by atoms with Gasteiger partial charge in [-0.15, -0.1) is 0 Å². The lowest BCUT2D eigenvalue weighted by Gasteiger charge is -2.23. The summed E-state index contributed by atoms with van der Waals surface area (Å²) in [6, 6.07) is 16.1. The van der Waals surface area contributed by atoms with Gasteiger partial charge in [0, 0.05) is 32.4 Å². The normalized spacial score (nSPS) is 19.4. The van der Waals surface area contributed by atoms with Gasteiger partial charge >= 0.3 is 0 Å². The Labute approximate surface area is 148 Å². The second-order valence-corrected chi connectivity index (χ2v) is 6.13. The van der Waals surface area contributed by atoms with Crippen molar-refractivity contribution in [3.63, 3.8) is 0 Å². The van der Waals surface area contributed by atoms with E-state index in [0.29, 0.717) is 18.3 Å². The molecule has 0 radical (unpaired) electrons. The van der Waals surface area contributed by atoms with Crippen LogP contribution in [0.15, 0.2) is 59.7 Å². The molecule has 1 atom stereocenters. The average Bonchev–Trinajstić information content (AvgIpc) is 2.87. The molecule has 2 aromatic rings. The molecule has 3 rings (SSSR count). The average molecular weight is 339 g/mol. The van der Waals surface area contributed by atoms with Gasteiger partial charge in [-0.3, -0.25) is 9.89 Å². The predicted molar refractivity (Wildman–Crippen MR) is 100 cm³/mol. The molecule has 0 aliphatic carbocycles. The molecule has 1 aliphatic heterocycles. The monoisotopic (exact) mass is 339 g/mol. The quantitative estimate of drug-likeness (QED) is 0.644. The Morgan fingerprint density at radius 2 is 2.08 bits per heavy atom. The fourth-order valence-corrected chi connectivity index (χ4v) is 2.87.